The standard InChI is InChI=1S/C18H18FN3O3S/c1-4-25-17(24)12-9(2)20-15-14(16(23)22-18(21-15)26-3)13(12)10-6-5-7-11(19)8-10/h5-8,13H,4H2,1-3H3,(H2,20,21,22,23)/t13-/m0/s1. The van der Waals surface area contributed by atoms with E-state index < -0.39 is 17.7 Å². The molecule has 2 aromatic rings. The minimum atomic E-state index is -0.770. The maximum atomic E-state index is 13.8. The zero-order chi connectivity index (χ0) is 18.8. The van der Waals surface area contributed by atoms with Gasteiger partial charge in [-0.1, -0.05) is 23.9 Å². The smallest absolute Gasteiger partial charge is 0.336 e. The summed E-state index contributed by atoms with van der Waals surface area (Å²) in [6.07, 6.45) is 1.80. The summed E-state index contributed by atoms with van der Waals surface area (Å²) in [5.74, 6) is -1.41. The Balaban J connectivity index is 2.27. The minimum Gasteiger partial charge on any atom is -0.463 e. The van der Waals surface area contributed by atoms with Crippen LogP contribution in [0.25, 0.3) is 0 Å². The maximum absolute atomic E-state index is 13.8. The normalized spacial score (nSPS) is 16.1. The molecule has 0 saturated carbocycles. The summed E-state index contributed by atoms with van der Waals surface area (Å²) in [7, 11) is 0. The van der Waals surface area contributed by atoms with Crippen molar-refractivity contribution in [3.8, 4) is 0 Å². The van der Waals surface area contributed by atoms with Gasteiger partial charge in [0.05, 0.1) is 23.7 Å². The second-order valence-electron chi connectivity index (χ2n) is 5.71. The number of rotatable bonds is 4. The Labute approximate surface area is 153 Å². The van der Waals surface area contributed by atoms with Gasteiger partial charge in [-0.25, -0.2) is 14.2 Å². The van der Waals surface area contributed by atoms with E-state index in [-0.39, 0.29) is 23.3 Å². The van der Waals surface area contributed by atoms with E-state index in [0.717, 1.165) is 0 Å². The highest BCUT2D eigenvalue weighted by atomic mass is 32.2. The van der Waals surface area contributed by atoms with Crippen LogP contribution < -0.4 is 10.9 Å². The fourth-order valence-electron chi connectivity index (χ4n) is 3.03. The van der Waals surface area contributed by atoms with Crippen LogP contribution in [0.2, 0.25) is 0 Å². The number of esters is 1. The molecular weight excluding hydrogens is 357 g/mol. The fourth-order valence-corrected chi connectivity index (χ4v) is 3.40. The van der Waals surface area contributed by atoms with Crippen molar-refractivity contribution in [2.75, 3.05) is 18.2 Å². The Morgan fingerprint density at radius 3 is 2.85 bits per heavy atom. The molecule has 26 heavy (non-hydrogen) atoms. The molecule has 1 aliphatic heterocycles. The van der Waals surface area contributed by atoms with E-state index in [9.17, 15) is 14.0 Å². The Kier molecular flexibility index (Phi) is 5.13. The molecule has 6 nitrogen and oxygen atoms in total. The third-order valence-electron chi connectivity index (χ3n) is 4.09. The molecule has 3 rings (SSSR count). The molecule has 0 bridgehead atoms. The number of thioether (sulfide) groups is 1. The lowest BCUT2D eigenvalue weighted by Crippen LogP contribution is -2.31. The number of aromatic amines is 1. The van der Waals surface area contributed by atoms with E-state index in [1.165, 1.54) is 23.9 Å². The molecule has 1 aromatic carbocycles. The van der Waals surface area contributed by atoms with Gasteiger partial charge in [0, 0.05) is 5.70 Å². The molecule has 1 atom stereocenters. The van der Waals surface area contributed by atoms with E-state index in [4.69, 9.17) is 4.74 Å². The number of nitrogens with one attached hydrogen (secondary N) is 2. The number of halogens is 1. The number of hydrogen-bond donors (Lipinski definition) is 2. The van der Waals surface area contributed by atoms with Crippen molar-refractivity contribution in [2.24, 2.45) is 0 Å². The zero-order valence-electron chi connectivity index (χ0n) is 14.6. The summed E-state index contributed by atoms with van der Waals surface area (Å²) in [5, 5.41) is 3.47. The molecule has 1 aromatic heterocycles. The molecule has 0 unspecified atom stereocenters. The molecule has 0 amide bonds. The van der Waals surface area contributed by atoms with Gasteiger partial charge in [0.25, 0.3) is 5.56 Å². The average Bonchev–Trinajstić information content (AvgIpc) is 2.60. The minimum absolute atomic E-state index is 0.193. The van der Waals surface area contributed by atoms with Crippen molar-refractivity contribution in [2.45, 2.75) is 24.9 Å². The zero-order valence-corrected chi connectivity index (χ0v) is 15.4. The van der Waals surface area contributed by atoms with Crippen molar-refractivity contribution >= 4 is 23.5 Å². The van der Waals surface area contributed by atoms with Gasteiger partial charge in [0.1, 0.15) is 11.6 Å². The lowest BCUT2D eigenvalue weighted by atomic mass is 9.82. The van der Waals surface area contributed by atoms with E-state index in [2.05, 4.69) is 15.3 Å². The Morgan fingerprint density at radius 1 is 1.42 bits per heavy atom. The number of benzene rings is 1. The van der Waals surface area contributed by atoms with Gasteiger partial charge in [-0.15, -0.1) is 0 Å². The van der Waals surface area contributed by atoms with Crippen molar-refractivity contribution in [3.05, 3.63) is 62.8 Å². The number of aromatic nitrogens is 2. The fraction of sp³-hybridized carbons (Fsp3) is 0.278. The highest BCUT2D eigenvalue weighted by Crippen LogP contribution is 2.40. The molecule has 0 spiro atoms. The van der Waals surface area contributed by atoms with E-state index in [1.54, 1.807) is 32.2 Å². The van der Waals surface area contributed by atoms with Crippen molar-refractivity contribution < 1.29 is 13.9 Å². The first-order chi connectivity index (χ1) is 12.5. The van der Waals surface area contributed by atoms with E-state index in [0.29, 0.717) is 22.2 Å². The van der Waals surface area contributed by atoms with E-state index in [1.807, 2.05) is 0 Å². The topological polar surface area (TPSA) is 84.1 Å². The van der Waals surface area contributed by atoms with Crippen LogP contribution in [0, 0.1) is 5.82 Å². The van der Waals surface area contributed by atoms with Crippen LogP contribution in [0.3, 0.4) is 0 Å². The average molecular weight is 375 g/mol. The highest BCUT2D eigenvalue weighted by Gasteiger charge is 2.36. The summed E-state index contributed by atoms with van der Waals surface area (Å²) in [4.78, 5) is 32.4. The second-order valence-corrected chi connectivity index (χ2v) is 6.50. The third kappa shape index (κ3) is 3.24. The lowest BCUT2D eigenvalue weighted by Gasteiger charge is -2.28. The first kappa shape index (κ1) is 18.2. The van der Waals surface area contributed by atoms with Gasteiger partial charge in [0.2, 0.25) is 0 Å². The van der Waals surface area contributed by atoms with Crippen LogP contribution >= 0.6 is 11.8 Å². The number of allylic oxidation sites excluding steroid dienone is 1. The monoisotopic (exact) mass is 375 g/mol. The number of nitrogens with zero attached hydrogens (tertiary/aromatic N) is 1. The van der Waals surface area contributed by atoms with Gasteiger partial charge in [-0.05, 0) is 37.8 Å². The Hall–Kier alpha value is -2.61. The van der Waals surface area contributed by atoms with Crippen molar-refractivity contribution in [1.29, 1.82) is 0 Å². The lowest BCUT2D eigenvalue weighted by molar-refractivity contribution is -0.138. The predicted molar refractivity (Wildman–Crippen MR) is 97.8 cm³/mol. The molecule has 0 aliphatic carbocycles. The number of H-pyrrole nitrogens is 1. The number of carbonyl (C=O) groups excluding carboxylic acids is 1. The largest absolute Gasteiger partial charge is 0.463 e. The van der Waals surface area contributed by atoms with Crippen LogP contribution in [0.5, 0.6) is 0 Å². The molecule has 2 heterocycles. The summed E-state index contributed by atoms with van der Waals surface area (Å²) in [5.41, 5.74) is 1.17. The number of carbonyl (C=O) groups is 1. The summed E-state index contributed by atoms with van der Waals surface area (Å²) in [6, 6.07) is 5.85. The number of hydrogen-bond acceptors (Lipinski definition) is 6. The summed E-state index contributed by atoms with van der Waals surface area (Å²) >= 11 is 1.30. The molecular formula is C18H18FN3O3S. The van der Waals surface area contributed by atoms with Crippen molar-refractivity contribution in [3.63, 3.8) is 0 Å². The highest BCUT2D eigenvalue weighted by molar-refractivity contribution is 7.98. The summed E-state index contributed by atoms with van der Waals surface area (Å²) < 4.78 is 19.0. The maximum Gasteiger partial charge on any atom is 0.336 e. The second kappa shape index (κ2) is 7.33. The van der Waals surface area contributed by atoms with Gasteiger partial charge < -0.3 is 15.0 Å². The van der Waals surface area contributed by atoms with Crippen molar-refractivity contribution in [1.82, 2.24) is 9.97 Å². The number of ether oxygens (including phenoxy) is 1. The molecule has 1 aliphatic rings. The van der Waals surface area contributed by atoms with Gasteiger partial charge in [0.15, 0.2) is 5.16 Å². The molecule has 0 saturated heterocycles. The van der Waals surface area contributed by atoms with Crippen LogP contribution in [-0.2, 0) is 9.53 Å². The van der Waals surface area contributed by atoms with Crippen LogP contribution in [0.15, 0.2) is 45.5 Å². The van der Waals surface area contributed by atoms with Gasteiger partial charge in [-0.2, -0.15) is 0 Å². The van der Waals surface area contributed by atoms with E-state index >= 15 is 0 Å². The first-order valence-corrected chi connectivity index (χ1v) is 9.27. The molecule has 0 radical (unpaired) electrons. The van der Waals surface area contributed by atoms with Gasteiger partial charge >= 0.3 is 5.97 Å². The molecule has 136 valence electrons. The number of fused-ring (bicyclic) bond motifs is 1. The number of anilines is 1. The quantitative estimate of drug-likeness (QED) is 0.485. The predicted octanol–water partition coefficient (Wildman–Crippen LogP) is 3.03. The SMILES string of the molecule is CCOC(=O)C1=C(C)Nc2nc(SC)[nH]c(=O)c2[C@H]1c1cccc(F)c1. The van der Waals surface area contributed by atoms with Gasteiger partial charge in [-0.3, -0.25) is 4.79 Å². The molecule has 2 N–H and O–H groups in total. The summed E-state index contributed by atoms with van der Waals surface area (Å²) in [6.45, 7) is 3.61. The first-order valence-electron chi connectivity index (χ1n) is 8.04. The third-order valence-corrected chi connectivity index (χ3v) is 4.67. The Bertz CT molecular complexity index is 955. The molecule has 8 heteroatoms. The van der Waals surface area contributed by atoms with Crippen LogP contribution in [-0.4, -0.2) is 28.8 Å². The van der Waals surface area contributed by atoms with Crippen LogP contribution in [0.4, 0.5) is 10.2 Å². The Morgan fingerprint density at radius 2 is 2.19 bits per heavy atom. The van der Waals surface area contributed by atoms with Crippen LogP contribution in [0.1, 0.15) is 30.9 Å². The molecule has 0 fully saturated rings.